The molecular weight excluding hydrogens is 452 g/mol. The van der Waals surface area contributed by atoms with E-state index in [1.807, 2.05) is 0 Å². The van der Waals surface area contributed by atoms with Crippen molar-refractivity contribution in [3.8, 4) is 0 Å². The number of hydrogen-bond donors (Lipinski definition) is 1. The van der Waals surface area contributed by atoms with E-state index >= 15 is 0 Å². The Kier molecular flexibility index (Phi) is 4.72. The van der Waals surface area contributed by atoms with Gasteiger partial charge in [-0.05, 0) is 77.5 Å². The van der Waals surface area contributed by atoms with Gasteiger partial charge < -0.3 is 4.90 Å². The molecule has 1 N–H and O–H groups in total. The molecule has 0 saturated heterocycles. The van der Waals surface area contributed by atoms with E-state index < -0.39 is 10.0 Å². The summed E-state index contributed by atoms with van der Waals surface area (Å²) in [7, 11) is -3.85. The number of sulfonamides is 1. The van der Waals surface area contributed by atoms with Gasteiger partial charge in [0, 0.05) is 27.6 Å². The molecule has 27 heavy (non-hydrogen) atoms. The number of amides is 1. The number of hydrogen-bond acceptors (Lipinski definition) is 3. The van der Waals surface area contributed by atoms with Crippen molar-refractivity contribution < 1.29 is 13.2 Å². The van der Waals surface area contributed by atoms with Crippen molar-refractivity contribution in [2.75, 3.05) is 16.2 Å². The van der Waals surface area contributed by atoms with E-state index in [0.29, 0.717) is 33.0 Å². The molecule has 5 nitrogen and oxygen atoms in total. The first kappa shape index (κ1) is 18.8. The highest BCUT2D eigenvalue weighted by Gasteiger charge is 2.37. The number of nitrogens with one attached hydrogen (secondary N) is 1. The number of rotatable bonds is 4. The predicted molar refractivity (Wildman–Crippen MR) is 110 cm³/mol. The summed E-state index contributed by atoms with van der Waals surface area (Å²) < 4.78 is 29.1. The molecule has 0 radical (unpaired) electrons. The molecule has 0 unspecified atom stereocenters. The Morgan fingerprint density at radius 3 is 2.74 bits per heavy atom. The fraction of sp³-hybridized carbons (Fsp3) is 0.316. The highest BCUT2D eigenvalue weighted by Crippen LogP contribution is 2.40. The SMILES string of the molecule is Cc1c(Cl)cccc1NS(=O)(=O)c1cc2c(cc1Br)CCN2C(=O)C1CC1. The highest BCUT2D eigenvalue weighted by molar-refractivity contribution is 9.10. The minimum Gasteiger partial charge on any atom is -0.312 e. The first-order valence-corrected chi connectivity index (χ1v) is 11.3. The fourth-order valence-electron chi connectivity index (χ4n) is 3.29. The number of carbonyl (C=O) groups excluding carboxylic acids is 1. The standard InChI is InChI=1S/C19H18BrClN2O3S/c1-11-15(21)3-2-4-16(11)22-27(25,26)18-10-17-13(9-14(18)20)7-8-23(17)19(24)12-5-6-12/h2-4,9-10,12,22H,5-8H2,1H3. The summed E-state index contributed by atoms with van der Waals surface area (Å²) in [5.41, 5.74) is 2.76. The second-order valence-electron chi connectivity index (χ2n) is 6.94. The zero-order valence-electron chi connectivity index (χ0n) is 14.6. The first-order chi connectivity index (χ1) is 12.8. The van der Waals surface area contributed by atoms with E-state index in [-0.39, 0.29) is 16.7 Å². The van der Waals surface area contributed by atoms with Crippen LogP contribution in [0.15, 0.2) is 39.7 Å². The molecule has 0 aromatic heterocycles. The van der Waals surface area contributed by atoms with Crippen LogP contribution in [-0.2, 0) is 21.2 Å². The van der Waals surface area contributed by atoms with Gasteiger partial charge in [0.05, 0.1) is 5.69 Å². The molecule has 0 spiro atoms. The Morgan fingerprint density at radius 2 is 2.04 bits per heavy atom. The normalized spacial score (nSPS) is 16.3. The van der Waals surface area contributed by atoms with Crippen LogP contribution in [0, 0.1) is 12.8 Å². The lowest BCUT2D eigenvalue weighted by atomic mass is 10.2. The van der Waals surface area contributed by atoms with Gasteiger partial charge in [-0.1, -0.05) is 17.7 Å². The van der Waals surface area contributed by atoms with Gasteiger partial charge in [0.15, 0.2) is 0 Å². The average Bonchev–Trinajstić information content (AvgIpc) is 3.38. The number of halogens is 2. The van der Waals surface area contributed by atoms with Crippen LogP contribution in [0.25, 0.3) is 0 Å². The monoisotopic (exact) mass is 468 g/mol. The Labute approximate surface area is 171 Å². The zero-order chi connectivity index (χ0) is 19.3. The van der Waals surface area contributed by atoms with E-state index in [2.05, 4.69) is 20.7 Å². The molecule has 2 aromatic carbocycles. The van der Waals surface area contributed by atoms with Gasteiger partial charge in [0.2, 0.25) is 5.91 Å². The molecule has 1 amide bonds. The Hall–Kier alpha value is -1.57. The summed E-state index contributed by atoms with van der Waals surface area (Å²) in [6, 6.07) is 8.47. The molecule has 2 aromatic rings. The van der Waals surface area contributed by atoms with Crippen molar-refractivity contribution in [2.45, 2.75) is 31.1 Å². The zero-order valence-corrected chi connectivity index (χ0v) is 17.8. The summed E-state index contributed by atoms with van der Waals surface area (Å²) >= 11 is 9.48. The fourth-order valence-corrected chi connectivity index (χ4v) is 5.70. The van der Waals surface area contributed by atoms with Crippen molar-refractivity contribution in [3.63, 3.8) is 0 Å². The number of nitrogens with zero attached hydrogens (tertiary/aromatic N) is 1. The summed E-state index contributed by atoms with van der Waals surface area (Å²) in [5, 5.41) is 0.490. The minimum absolute atomic E-state index is 0.0897. The van der Waals surface area contributed by atoms with Gasteiger partial charge in [0.25, 0.3) is 10.0 Å². The third kappa shape index (κ3) is 3.48. The van der Waals surface area contributed by atoms with Gasteiger partial charge in [-0.15, -0.1) is 0 Å². The van der Waals surface area contributed by atoms with Gasteiger partial charge in [-0.25, -0.2) is 8.42 Å². The minimum atomic E-state index is -3.85. The van der Waals surface area contributed by atoms with Crippen LogP contribution in [0.1, 0.15) is 24.0 Å². The molecule has 4 rings (SSSR count). The molecule has 142 valence electrons. The van der Waals surface area contributed by atoms with E-state index in [0.717, 1.165) is 24.8 Å². The van der Waals surface area contributed by atoms with Crippen molar-refractivity contribution in [2.24, 2.45) is 5.92 Å². The van der Waals surface area contributed by atoms with E-state index in [1.54, 1.807) is 42.2 Å². The Balaban J connectivity index is 1.72. The average molecular weight is 470 g/mol. The smallest absolute Gasteiger partial charge is 0.263 e. The second-order valence-corrected chi connectivity index (χ2v) is 9.86. The predicted octanol–water partition coefficient (Wildman–Crippen LogP) is 4.51. The summed E-state index contributed by atoms with van der Waals surface area (Å²) in [6.45, 7) is 2.36. The third-order valence-electron chi connectivity index (χ3n) is 5.02. The molecule has 1 fully saturated rings. The van der Waals surface area contributed by atoms with E-state index in [4.69, 9.17) is 11.6 Å². The number of anilines is 2. The summed E-state index contributed by atoms with van der Waals surface area (Å²) in [6.07, 6.45) is 2.57. The lowest BCUT2D eigenvalue weighted by molar-refractivity contribution is -0.119. The van der Waals surface area contributed by atoms with Crippen molar-refractivity contribution in [1.82, 2.24) is 0 Å². The lowest BCUT2D eigenvalue weighted by Gasteiger charge is -2.19. The van der Waals surface area contributed by atoms with Crippen LogP contribution >= 0.6 is 27.5 Å². The maximum atomic E-state index is 13.0. The maximum Gasteiger partial charge on any atom is 0.263 e. The lowest BCUT2D eigenvalue weighted by Crippen LogP contribution is -2.30. The molecule has 1 aliphatic carbocycles. The number of fused-ring (bicyclic) bond motifs is 1. The molecule has 1 saturated carbocycles. The van der Waals surface area contributed by atoms with Crippen molar-refractivity contribution in [1.29, 1.82) is 0 Å². The van der Waals surface area contributed by atoms with Gasteiger partial charge in [-0.3, -0.25) is 9.52 Å². The molecule has 2 aliphatic rings. The molecule has 0 bridgehead atoms. The maximum absolute atomic E-state index is 13.0. The van der Waals surface area contributed by atoms with Crippen LogP contribution < -0.4 is 9.62 Å². The van der Waals surface area contributed by atoms with Gasteiger partial charge >= 0.3 is 0 Å². The third-order valence-corrected chi connectivity index (χ3v) is 7.76. The summed E-state index contributed by atoms with van der Waals surface area (Å²) in [4.78, 5) is 14.4. The molecular formula is C19H18BrClN2O3S. The molecule has 1 aliphatic heterocycles. The van der Waals surface area contributed by atoms with Gasteiger partial charge in [-0.2, -0.15) is 0 Å². The molecule has 0 atom stereocenters. The number of benzene rings is 2. The van der Waals surface area contributed by atoms with Gasteiger partial charge in [0.1, 0.15) is 4.90 Å². The largest absolute Gasteiger partial charge is 0.312 e. The second kappa shape index (κ2) is 6.79. The van der Waals surface area contributed by atoms with Crippen LogP contribution in [0.3, 0.4) is 0 Å². The van der Waals surface area contributed by atoms with E-state index in [1.165, 1.54) is 0 Å². The molecule has 8 heteroatoms. The Bertz CT molecular complexity index is 1050. The summed E-state index contributed by atoms with van der Waals surface area (Å²) in [5.74, 6) is 0.185. The first-order valence-electron chi connectivity index (χ1n) is 8.69. The Morgan fingerprint density at radius 1 is 1.30 bits per heavy atom. The molecule has 1 heterocycles. The quantitative estimate of drug-likeness (QED) is 0.716. The van der Waals surface area contributed by atoms with Crippen LogP contribution in [0.2, 0.25) is 5.02 Å². The van der Waals surface area contributed by atoms with Crippen LogP contribution in [0.4, 0.5) is 11.4 Å². The van der Waals surface area contributed by atoms with E-state index in [9.17, 15) is 13.2 Å². The van der Waals surface area contributed by atoms with Crippen LogP contribution in [0.5, 0.6) is 0 Å². The van der Waals surface area contributed by atoms with Crippen LogP contribution in [-0.4, -0.2) is 20.9 Å². The van der Waals surface area contributed by atoms with Crippen molar-refractivity contribution >= 4 is 54.8 Å². The number of carbonyl (C=O) groups is 1. The topological polar surface area (TPSA) is 66.5 Å². The highest BCUT2D eigenvalue weighted by atomic mass is 79.9. The van der Waals surface area contributed by atoms with Crippen molar-refractivity contribution in [3.05, 3.63) is 51.0 Å².